The van der Waals surface area contributed by atoms with Crippen LogP contribution in [0.25, 0.3) is 0 Å². The third-order valence-electron chi connectivity index (χ3n) is 4.73. The lowest BCUT2D eigenvalue weighted by molar-refractivity contribution is -0.150. The fraction of sp³-hybridized carbons (Fsp3) is 0.333. The number of nitrogens with one attached hydrogen (secondary N) is 1. The zero-order valence-electron chi connectivity index (χ0n) is 18.3. The van der Waals surface area contributed by atoms with E-state index in [0.29, 0.717) is 16.3 Å². The standard InChI is InChI=1S/C24H26ClN3O4/c1-16(2)22(27-23(30)18-10-8-17(3)9-11-18)24(31)32-15-21(29)28(13-5-12-26)20-7-4-6-19(25)14-20/h4,6-11,14,16,22H,5,13,15H2,1-3H3,(H,27,30). The zero-order chi connectivity index (χ0) is 23.7. The average Bonchev–Trinajstić information content (AvgIpc) is 2.76. The third kappa shape index (κ3) is 7.10. The summed E-state index contributed by atoms with van der Waals surface area (Å²) in [7, 11) is 0. The number of halogens is 1. The van der Waals surface area contributed by atoms with E-state index in [1.807, 2.05) is 25.1 Å². The minimum absolute atomic E-state index is 0.105. The van der Waals surface area contributed by atoms with Crippen LogP contribution in [0.4, 0.5) is 5.69 Å². The van der Waals surface area contributed by atoms with Crippen molar-refractivity contribution in [1.29, 1.82) is 5.26 Å². The molecule has 8 heteroatoms. The number of benzene rings is 2. The fourth-order valence-corrected chi connectivity index (χ4v) is 3.12. The molecule has 1 unspecified atom stereocenters. The Bertz CT molecular complexity index is 999. The molecule has 0 saturated heterocycles. The van der Waals surface area contributed by atoms with Gasteiger partial charge < -0.3 is 15.0 Å². The quantitative estimate of drug-likeness (QED) is 0.578. The van der Waals surface area contributed by atoms with Crippen LogP contribution >= 0.6 is 11.6 Å². The molecule has 0 bridgehead atoms. The Morgan fingerprint density at radius 3 is 2.44 bits per heavy atom. The number of rotatable bonds is 9. The lowest BCUT2D eigenvalue weighted by Crippen LogP contribution is -2.46. The number of amides is 2. The van der Waals surface area contributed by atoms with Gasteiger partial charge in [0.15, 0.2) is 6.61 Å². The van der Waals surface area contributed by atoms with Gasteiger partial charge in [-0.3, -0.25) is 9.59 Å². The first kappa shape index (κ1) is 24.9. The highest BCUT2D eigenvalue weighted by Crippen LogP contribution is 2.20. The number of carbonyl (C=O) groups is 3. The molecule has 0 saturated carbocycles. The second-order valence-corrected chi connectivity index (χ2v) is 8.04. The summed E-state index contributed by atoms with van der Waals surface area (Å²) in [4.78, 5) is 39.3. The molecule has 1 N–H and O–H groups in total. The van der Waals surface area contributed by atoms with Crippen molar-refractivity contribution in [3.05, 3.63) is 64.7 Å². The summed E-state index contributed by atoms with van der Waals surface area (Å²) in [6.45, 7) is 5.06. The smallest absolute Gasteiger partial charge is 0.329 e. The Balaban J connectivity index is 2.05. The number of aryl methyl sites for hydroxylation is 1. The van der Waals surface area contributed by atoms with Crippen molar-refractivity contribution in [1.82, 2.24) is 5.32 Å². The van der Waals surface area contributed by atoms with E-state index in [2.05, 4.69) is 5.32 Å². The second-order valence-electron chi connectivity index (χ2n) is 7.60. The molecule has 168 valence electrons. The van der Waals surface area contributed by atoms with Gasteiger partial charge in [0.05, 0.1) is 12.5 Å². The van der Waals surface area contributed by atoms with Gasteiger partial charge in [-0.1, -0.05) is 49.2 Å². The summed E-state index contributed by atoms with van der Waals surface area (Å²) < 4.78 is 5.24. The highest BCUT2D eigenvalue weighted by Gasteiger charge is 2.27. The summed E-state index contributed by atoms with van der Waals surface area (Å²) >= 11 is 6.01. The van der Waals surface area contributed by atoms with Crippen molar-refractivity contribution < 1.29 is 19.1 Å². The normalized spacial score (nSPS) is 11.4. The van der Waals surface area contributed by atoms with Crippen molar-refractivity contribution >= 4 is 35.1 Å². The van der Waals surface area contributed by atoms with Crippen LogP contribution in [-0.4, -0.2) is 37.0 Å². The van der Waals surface area contributed by atoms with Crippen LogP contribution in [0, 0.1) is 24.2 Å². The Hall–Kier alpha value is -3.37. The van der Waals surface area contributed by atoms with Gasteiger partial charge in [0.2, 0.25) is 0 Å². The van der Waals surface area contributed by atoms with Crippen molar-refractivity contribution in [3.63, 3.8) is 0 Å². The molecule has 2 aromatic rings. The Morgan fingerprint density at radius 1 is 1.16 bits per heavy atom. The molecule has 0 aromatic heterocycles. The van der Waals surface area contributed by atoms with E-state index in [-0.39, 0.29) is 18.9 Å². The molecule has 2 amide bonds. The molecule has 0 aliphatic carbocycles. The topological polar surface area (TPSA) is 99.5 Å². The zero-order valence-corrected chi connectivity index (χ0v) is 19.1. The molecule has 2 aromatic carbocycles. The third-order valence-corrected chi connectivity index (χ3v) is 4.96. The van der Waals surface area contributed by atoms with Gasteiger partial charge in [-0.05, 0) is 43.2 Å². The van der Waals surface area contributed by atoms with E-state index in [1.165, 1.54) is 4.90 Å². The van der Waals surface area contributed by atoms with E-state index >= 15 is 0 Å². The average molecular weight is 456 g/mol. The molecule has 0 aliphatic rings. The number of nitrogens with zero attached hydrogens (tertiary/aromatic N) is 2. The molecule has 0 aliphatic heterocycles. The molecule has 2 rings (SSSR count). The van der Waals surface area contributed by atoms with Gasteiger partial charge in [0.1, 0.15) is 6.04 Å². The van der Waals surface area contributed by atoms with Crippen molar-refractivity contribution in [3.8, 4) is 6.07 Å². The molecule has 7 nitrogen and oxygen atoms in total. The van der Waals surface area contributed by atoms with Crippen LogP contribution in [-0.2, 0) is 14.3 Å². The number of ether oxygens (including phenoxy) is 1. The number of carbonyl (C=O) groups excluding carboxylic acids is 3. The van der Waals surface area contributed by atoms with E-state index < -0.39 is 30.4 Å². The first-order valence-electron chi connectivity index (χ1n) is 10.2. The second kappa shape index (κ2) is 11.9. The highest BCUT2D eigenvalue weighted by molar-refractivity contribution is 6.30. The van der Waals surface area contributed by atoms with Gasteiger partial charge in [-0.15, -0.1) is 0 Å². The van der Waals surface area contributed by atoms with Crippen LogP contribution in [0.2, 0.25) is 5.02 Å². The molecule has 0 radical (unpaired) electrons. The van der Waals surface area contributed by atoms with Crippen molar-refractivity contribution in [2.75, 3.05) is 18.1 Å². The summed E-state index contributed by atoms with van der Waals surface area (Å²) in [5.41, 5.74) is 1.94. The Morgan fingerprint density at radius 2 is 1.84 bits per heavy atom. The lowest BCUT2D eigenvalue weighted by atomic mass is 10.0. The number of hydrogen-bond donors (Lipinski definition) is 1. The van der Waals surface area contributed by atoms with Crippen LogP contribution < -0.4 is 10.2 Å². The van der Waals surface area contributed by atoms with E-state index in [9.17, 15) is 14.4 Å². The molecule has 1 atom stereocenters. The monoisotopic (exact) mass is 455 g/mol. The summed E-state index contributed by atoms with van der Waals surface area (Å²) in [5, 5.41) is 12.0. The van der Waals surface area contributed by atoms with Gasteiger partial charge in [-0.25, -0.2) is 4.79 Å². The van der Waals surface area contributed by atoms with Gasteiger partial charge in [-0.2, -0.15) is 5.26 Å². The lowest BCUT2D eigenvalue weighted by Gasteiger charge is -2.24. The molecular weight excluding hydrogens is 430 g/mol. The van der Waals surface area contributed by atoms with Crippen LogP contribution in [0.15, 0.2) is 48.5 Å². The Kier molecular flexibility index (Phi) is 9.23. The largest absolute Gasteiger partial charge is 0.454 e. The first-order valence-corrected chi connectivity index (χ1v) is 10.6. The maximum Gasteiger partial charge on any atom is 0.329 e. The van der Waals surface area contributed by atoms with Crippen molar-refractivity contribution in [2.45, 2.75) is 33.2 Å². The number of nitriles is 1. The van der Waals surface area contributed by atoms with Gasteiger partial charge in [0.25, 0.3) is 11.8 Å². The van der Waals surface area contributed by atoms with Crippen LogP contribution in [0.1, 0.15) is 36.2 Å². The highest BCUT2D eigenvalue weighted by atomic mass is 35.5. The first-order chi connectivity index (χ1) is 15.2. The van der Waals surface area contributed by atoms with E-state index in [0.717, 1.165) is 5.56 Å². The number of anilines is 1. The maximum absolute atomic E-state index is 12.7. The molecule has 0 fully saturated rings. The van der Waals surface area contributed by atoms with E-state index in [4.69, 9.17) is 21.6 Å². The number of hydrogen-bond acceptors (Lipinski definition) is 5. The van der Waals surface area contributed by atoms with Crippen molar-refractivity contribution in [2.24, 2.45) is 5.92 Å². The molecule has 32 heavy (non-hydrogen) atoms. The van der Waals surface area contributed by atoms with Crippen LogP contribution in [0.5, 0.6) is 0 Å². The predicted octanol–water partition coefficient (Wildman–Crippen LogP) is 3.89. The molecule has 0 heterocycles. The minimum Gasteiger partial charge on any atom is -0.454 e. The maximum atomic E-state index is 12.7. The summed E-state index contributed by atoms with van der Waals surface area (Å²) in [5.74, 6) is -1.86. The minimum atomic E-state index is -0.921. The molecule has 0 spiro atoms. The molecular formula is C24H26ClN3O4. The van der Waals surface area contributed by atoms with Gasteiger partial charge in [0, 0.05) is 22.8 Å². The Labute approximate surface area is 192 Å². The SMILES string of the molecule is Cc1ccc(C(=O)NC(C(=O)OCC(=O)N(CCC#N)c2cccc(Cl)c2)C(C)C)cc1. The van der Waals surface area contributed by atoms with E-state index in [1.54, 1.807) is 50.2 Å². The summed E-state index contributed by atoms with van der Waals surface area (Å²) in [6, 6.07) is 14.7. The number of esters is 1. The van der Waals surface area contributed by atoms with Gasteiger partial charge >= 0.3 is 5.97 Å². The fourth-order valence-electron chi connectivity index (χ4n) is 2.93. The van der Waals surface area contributed by atoms with Crippen LogP contribution in [0.3, 0.4) is 0 Å². The summed E-state index contributed by atoms with van der Waals surface area (Å²) in [6.07, 6.45) is 0.105. The predicted molar refractivity (Wildman–Crippen MR) is 122 cm³/mol.